The van der Waals surface area contributed by atoms with Gasteiger partial charge in [0.1, 0.15) is 44.5 Å². The van der Waals surface area contributed by atoms with Crippen molar-refractivity contribution in [1.82, 2.24) is 68.6 Å². The first kappa shape index (κ1) is 110. The zero-order valence-corrected chi connectivity index (χ0v) is 73.7. The predicted octanol–water partition coefficient (Wildman–Crippen LogP) is -0.0534. The van der Waals surface area contributed by atoms with E-state index in [0.29, 0.717) is 189 Å². The van der Waals surface area contributed by atoms with Gasteiger partial charge in [0, 0.05) is 218 Å². The number of aliphatic carboxylic acids is 6. The molecule has 6 N–H and O–H groups in total. The van der Waals surface area contributed by atoms with Crippen molar-refractivity contribution in [2.75, 3.05) is 263 Å². The first-order valence-electron chi connectivity index (χ1n) is 41.3. The van der Waals surface area contributed by atoms with Gasteiger partial charge in [-0.25, -0.2) is 0 Å². The largest absolute Gasteiger partial charge is 0.480 e. The maximum atomic E-state index is 12.6. The summed E-state index contributed by atoms with van der Waals surface area (Å²) in [5.74, 6) is -5.36. The Morgan fingerprint density at radius 3 is 0.792 bits per heavy atom. The van der Waals surface area contributed by atoms with Gasteiger partial charge in [0.15, 0.2) is 17.8 Å². The van der Waals surface area contributed by atoms with Crippen molar-refractivity contribution in [2.45, 2.75) is 141 Å². The van der Waals surface area contributed by atoms with Crippen LogP contribution in [0.25, 0.3) is 0 Å². The van der Waals surface area contributed by atoms with Crippen molar-refractivity contribution >= 4 is 91.3 Å². The summed E-state index contributed by atoms with van der Waals surface area (Å²) in [6, 6.07) is -0.925. The topological polar surface area (TPSA) is 469 Å². The van der Waals surface area contributed by atoms with Gasteiger partial charge in [-0.05, 0) is 32.4 Å². The Balaban J connectivity index is 0.000000809. The number of ether oxygens (including phenoxy) is 5. The molecule has 0 amide bonds. The molecule has 4 aliphatic heterocycles. The van der Waals surface area contributed by atoms with Gasteiger partial charge in [0.2, 0.25) is 0 Å². The zero-order chi connectivity index (χ0) is 90.6. The molecule has 4 saturated heterocycles. The number of carboxylic acid groups (broad SMARTS) is 6. The molecule has 40 heteroatoms. The van der Waals surface area contributed by atoms with E-state index >= 15 is 0 Å². The summed E-state index contributed by atoms with van der Waals surface area (Å²) in [5, 5.41) is 56.1. The molecule has 0 aromatic carbocycles. The first-order chi connectivity index (χ1) is 56.4. The molecule has 0 aromatic heterocycles. The van der Waals surface area contributed by atoms with Gasteiger partial charge in [0.25, 0.3) is 32.4 Å². The third-order valence-electron chi connectivity index (χ3n) is 20.8. The predicted molar refractivity (Wildman–Crippen MR) is 441 cm³/mol. The maximum absolute atomic E-state index is 12.6. The van der Waals surface area contributed by atoms with Gasteiger partial charge < -0.3 is 59.2 Å². The number of carbonyl (C=O) groups excluding carboxylic acids is 9. The molecule has 690 valence electrons. The maximum Gasteiger partial charge on any atom is 0.320 e. The lowest BCUT2D eigenvalue weighted by atomic mass is 9.87. The molecule has 4 heterocycles. The summed E-state index contributed by atoms with van der Waals surface area (Å²) in [7, 11) is 0. The van der Waals surface area contributed by atoms with Crippen LogP contribution >= 0.6 is 0 Å². The minimum atomic E-state index is -1.05. The molecule has 2 atom stereocenters. The highest BCUT2D eigenvalue weighted by atomic mass is 16.6. The van der Waals surface area contributed by atoms with Crippen molar-refractivity contribution < 1.29 is 126 Å². The van der Waals surface area contributed by atoms with E-state index in [0.717, 1.165) is 45.7 Å². The fourth-order valence-corrected chi connectivity index (χ4v) is 13.0. The molecule has 2 unspecified atom stereocenters. The molecule has 4 fully saturated rings. The number of Topliss-reactive ketones (excluding diaryl/α,β-unsaturated/α-hetero) is 4. The monoisotopic (exact) mass is 1720 g/mol. The van der Waals surface area contributed by atoms with Crippen LogP contribution in [0.5, 0.6) is 0 Å². The summed E-state index contributed by atoms with van der Waals surface area (Å²) in [6.45, 7) is 43.2. The van der Waals surface area contributed by atoms with Crippen LogP contribution in [0.4, 0.5) is 0 Å². The lowest BCUT2D eigenvalue weighted by Gasteiger charge is -2.32. The van der Waals surface area contributed by atoms with E-state index in [1.807, 2.05) is 96.6 Å². The number of likely N-dealkylation sites (N-methyl/N-ethyl adjacent to an activating group) is 1. The molecule has 4 rings (SSSR count). The van der Waals surface area contributed by atoms with Gasteiger partial charge in [-0.1, -0.05) is 90.0 Å². The van der Waals surface area contributed by atoms with Gasteiger partial charge >= 0.3 is 35.8 Å². The van der Waals surface area contributed by atoms with Crippen molar-refractivity contribution in [3.8, 4) is 0 Å². The number of nitrogens with zero attached hydrogens (tertiary/aromatic N) is 14. The average Bonchev–Trinajstić information content (AvgIpc) is 1.06. The van der Waals surface area contributed by atoms with Gasteiger partial charge in [-0.15, -0.1) is 0 Å². The van der Waals surface area contributed by atoms with Crippen LogP contribution in [0.1, 0.15) is 129 Å². The third-order valence-corrected chi connectivity index (χ3v) is 20.8. The third kappa shape index (κ3) is 51.9. The van der Waals surface area contributed by atoms with Crippen LogP contribution in [0.15, 0.2) is 0 Å². The summed E-state index contributed by atoms with van der Waals surface area (Å²) in [6.07, 6.45) is 1.65. The van der Waals surface area contributed by atoms with Crippen molar-refractivity contribution in [2.24, 2.45) is 21.7 Å². The van der Waals surface area contributed by atoms with Crippen LogP contribution in [-0.4, -0.2) is 465 Å². The molecule has 0 saturated carbocycles. The second-order valence-corrected chi connectivity index (χ2v) is 34.5. The summed E-state index contributed by atoms with van der Waals surface area (Å²) in [5.41, 5.74) is -1.87. The van der Waals surface area contributed by atoms with Gasteiger partial charge in [0.05, 0.1) is 45.8 Å². The molecule has 0 spiro atoms. The van der Waals surface area contributed by atoms with Crippen molar-refractivity contribution in [3.05, 3.63) is 0 Å². The number of rotatable bonds is 38. The lowest BCUT2D eigenvalue weighted by Crippen LogP contribution is -2.48. The molecule has 0 aliphatic carbocycles. The van der Waals surface area contributed by atoms with E-state index in [-0.39, 0.29) is 122 Å². The molecular formula is C80H144N14O26. The highest BCUT2D eigenvalue weighted by Crippen LogP contribution is 2.23. The number of hydrogen-bond acceptors (Lipinski definition) is 34. The van der Waals surface area contributed by atoms with Crippen LogP contribution in [-0.2, 0) is 95.6 Å². The van der Waals surface area contributed by atoms with E-state index < -0.39 is 69.7 Å². The highest BCUT2D eigenvalue weighted by molar-refractivity contribution is 5.86. The van der Waals surface area contributed by atoms with Crippen molar-refractivity contribution in [1.29, 1.82) is 0 Å². The first-order valence-corrected chi connectivity index (χ1v) is 41.3. The molecular weight excluding hydrogens is 1570 g/mol. The number of hydrogen-bond donors (Lipinski definition) is 6. The molecule has 120 heavy (non-hydrogen) atoms. The van der Waals surface area contributed by atoms with E-state index in [9.17, 15) is 92.3 Å². The Kier molecular flexibility index (Phi) is 55.1. The van der Waals surface area contributed by atoms with E-state index in [1.165, 1.54) is 0 Å². The molecule has 40 nitrogen and oxygen atoms in total. The Labute approximate surface area is 708 Å². The van der Waals surface area contributed by atoms with Crippen molar-refractivity contribution in [3.63, 3.8) is 0 Å². The second kappa shape index (κ2) is 59.9. The van der Waals surface area contributed by atoms with Gasteiger partial charge in [-0.2, -0.15) is 0 Å². The average molecular weight is 1720 g/mol. The summed E-state index contributed by atoms with van der Waals surface area (Å²) < 4.78 is 24.8. The quantitative estimate of drug-likeness (QED) is 0.0348. The van der Waals surface area contributed by atoms with E-state index in [1.54, 1.807) is 40.4 Å². The number of ketones is 4. The fourth-order valence-electron chi connectivity index (χ4n) is 13.0. The van der Waals surface area contributed by atoms with Crippen LogP contribution in [0.2, 0.25) is 0 Å². The molecule has 0 radical (unpaired) electrons. The van der Waals surface area contributed by atoms with Gasteiger partial charge in [-0.3, -0.25) is 136 Å². The SMILES string of the molecule is CC(C)(C)C(=O)CCC(C(=O)O)N1CCCN(COC=O)CCN(CC(=O)O)CCN(CC(=O)O)CC1.CC(C)(C)C(=O)CCC(OC=O)N1CCN(COC=O)CCN(CC(=O)O)CC1.CC(C)(C)C(=O)CN1CCN(COC=O)CCN(CC(=O)O)CC1.CCN1CCN(COC=O)CCCN(CC(=O)C(C)(C)C)CCN(CC(=O)O)CC1. The Bertz CT molecular complexity index is 3080. The Morgan fingerprint density at radius 2 is 0.517 bits per heavy atom. The smallest absolute Gasteiger partial charge is 0.320 e. The molecule has 4 aliphatic rings. The number of carbonyl (C=O) groups is 15. The highest BCUT2D eigenvalue weighted by Gasteiger charge is 2.33. The minimum absolute atomic E-state index is 0.00207. The summed E-state index contributed by atoms with van der Waals surface area (Å²) >= 11 is 0. The zero-order valence-electron chi connectivity index (χ0n) is 73.7. The Hall–Kier alpha value is -7.71. The normalized spacial score (nSPS) is 19.2. The molecule has 0 aromatic rings. The summed E-state index contributed by atoms with van der Waals surface area (Å²) in [4.78, 5) is 198. The number of carboxylic acids is 6. The lowest BCUT2D eigenvalue weighted by molar-refractivity contribution is -0.147. The minimum Gasteiger partial charge on any atom is -0.480 e. The van der Waals surface area contributed by atoms with Crippen LogP contribution in [0.3, 0.4) is 0 Å². The Morgan fingerprint density at radius 1 is 0.283 bits per heavy atom. The standard InChI is InChI=1S/C24H42N4O9.C21H40N4O5.C19H33N3O7.C16H29N3O5/c1-24(2,3)20(30)6-5-19(23(35)36)28-8-4-7-27(17-37-18-29)12-11-25(15-21(31)32)9-10-26(13-14-28)16-22(33)34;1-5-22-9-11-24(16-20(28)29)13-12-23(15-19(27)21(2,3)4)7-6-8-25(14-10-22)17-30-18-26;1-19(2,3)16(25)4-5-17(29-15-24)22-10-8-20(12-18(26)27)6-7-21(9-11-22)13-28-14-23;1-16(2,3)14(21)10-17-4-5-18(11-15(22)23)7-9-19(8-6-17)12-24-13-20/h18-19H,4-17H2,1-3H3,(H,31,32)(H,33,34)(H,35,36);18H,5-17H2,1-4H3,(H,28,29);14-15,17H,4-13H2,1-3H3,(H,26,27);13H,4-12H2,1-3H3,(H,22,23). The van der Waals surface area contributed by atoms with Crippen LogP contribution in [0, 0.1) is 21.7 Å². The fraction of sp³-hybridized carbons (Fsp3) is 0.812. The molecule has 0 bridgehead atoms. The van der Waals surface area contributed by atoms with Crippen LogP contribution < -0.4 is 0 Å². The van der Waals surface area contributed by atoms with E-state index in [4.69, 9.17) is 33.9 Å². The van der Waals surface area contributed by atoms with E-state index in [2.05, 4.69) is 21.6 Å². The second-order valence-electron chi connectivity index (χ2n) is 34.5.